The minimum absolute atomic E-state index is 0. The van der Waals surface area contributed by atoms with E-state index in [9.17, 15) is 14.4 Å². The Labute approximate surface area is 224 Å². The number of alkyl halides is 4. The third-order valence-electron chi connectivity index (χ3n) is 2.29. The molecule has 0 saturated heterocycles. The summed E-state index contributed by atoms with van der Waals surface area (Å²) in [7, 11) is 0. The van der Waals surface area contributed by atoms with E-state index >= 15 is 0 Å². The van der Waals surface area contributed by atoms with E-state index in [1.54, 1.807) is 0 Å². The van der Waals surface area contributed by atoms with Gasteiger partial charge in [0.05, 0.1) is 5.88 Å². The molecule has 0 aliphatic rings. The molecule has 0 aliphatic heterocycles. The number of hydrogen-bond donors (Lipinski definition) is 3. The van der Waals surface area contributed by atoms with Crippen LogP contribution in [0.2, 0.25) is 0 Å². The molecule has 0 heterocycles. The van der Waals surface area contributed by atoms with E-state index in [-0.39, 0.29) is 42.5 Å². The highest BCUT2D eigenvalue weighted by Gasteiger charge is 1.96. The van der Waals surface area contributed by atoms with Crippen molar-refractivity contribution in [2.45, 2.75) is 19.3 Å². The van der Waals surface area contributed by atoms with Gasteiger partial charge < -0.3 is 16.4 Å². The minimum Gasteiger partial charge on any atom is -0.356 e. The van der Waals surface area contributed by atoms with Gasteiger partial charge in [-0.1, -0.05) is 10.2 Å². The fourth-order valence-corrected chi connectivity index (χ4v) is 1.38. The lowest BCUT2D eigenvalue weighted by molar-refractivity contribution is -0.120. The van der Waals surface area contributed by atoms with E-state index in [0.29, 0.717) is 44.4 Å². The maximum Gasteiger partial charge on any atom is 0.236 e. The van der Waals surface area contributed by atoms with Crippen molar-refractivity contribution in [1.82, 2.24) is 10.6 Å². The van der Waals surface area contributed by atoms with Crippen LogP contribution in [-0.2, 0) is 14.4 Å². The number of halogens is 6. The number of nitrogens with two attached hydrogens (primary N) is 1. The molecular formula is C15H29Cl6N9O3. The molecule has 0 fully saturated rings. The molecule has 12 nitrogen and oxygen atoms in total. The summed E-state index contributed by atoms with van der Waals surface area (Å²) in [5, 5.41) is 10.9. The Kier molecular flexibility index (Phi) is 52.6. The second-order valence-electron chi connectivity index (χ2n) is 4.89. The standard InChI is InChI=1S/C5H9Cl2NO.C5H9N7O.C3H8ClN.C2H2Cl2O.ClH/c6-2-1-3-8-5(9)4-7;6-11-9-3-1-2-8-5(13)4-10-12-7;4-2-1-3-5;3-1-2(4)5;/h1-4H2,(H,8,9);1-4H2,(H,8,13);1-3,5H2;1H2;1H. The Morgan fingerprint density at radius 1 is 0.818 bits per heavy atom. The van der Waals surface area contributed by atoms with E-state index in [1.165, 1.54) is 0 Å². The highest BCUT2D eigenvalue weighted by molar-refractivity contribution is 6.67. The largest absolute Gasteiger partial charge is 0.356 e. The van der Waals surface area contributed by atoms with Crippen LogP contribution in [0.15, 0.2) is 10.2 Å². The molecule has 0 bridgehead atoms. The molecule has 0 aromatic heterocycles. The van der Waals surface area contributed by atoms with Crippen LogP contribution in [0.25, 0.3) is 20.9 Å². The van der Waals surface area contributed by atoms with Crippen molar-refractivity contribution in [1.29, 1.82) is 0 Å². The van der Waals surface area contributed by atoms with Crippen molar-refractivity contribution in [2.75, 3.05) is 56.2 Å². The summed E-state index contributed by atoms with van der Waals surface area (Å²) in [5.41, 5.74) is 20.8. The van der Waals surface area contributed by atoms with Crippen LogP contribution in [0.1, 0.15) is 19.3 Å². The fraction of sp³-hybridized carbons (Fsp3) is 0.800. The molecule has 0 aromatic rings. The molecule has 0 radical (unpaired) electrons. The van der Waals surface area contributed by atoms with Crippen molar-refractivity contribution in [3.8, 4) is 0 Å². The highest BCUT2D eigenvalue weighted by atomic mass is 35.5. The summed E-state index contributed by atoms with van der Waals surface area (Å²) < 4.78 is 0. The molecule has 0 atom stereocenters. The van der Waals surface area contributed by atoms with Crippen LogP contribution in [0.4, 0.5) is 0 Å². The third-order valence-corrected chi connectivity index (χ3v) is 3.59. The lowest BCUT2D eigenvalue weighted by Crippen LogP contribution is -2.26. The van der Waals surface area contributed by atoms with Gasteiger partial charge in [-0.3, -0.25) is 14.4 Å². The van der Waals surface area contributed by atoms with E-state index in [0.717, 1.165) is 12.8 Å². The predicted octanol–water partition coefficient (Wildman–Crippen LogP) is 4.07. The minimum atomic E-state index is -0.508. The van der Waals surface area contributed by atoms with Gasteiger partial charge in [-0.05, 0) is 48.5 Å². The number of nitrogens with zero attached hydrogens (tertiary/aromatic N) is 6. The van der Waals surface area contributed by atoms with Gasteiger partial charge in [-0.15, -0.1) is 58.8 Å². The van der Waals surface area contributed by atoms with Crippen molar-refractivity contribution in [3.05, 3.63) is 20.9 Å². The number of nitrogens with one attached hydrogen (secondary N) is 2. The first kappa shape index (κ1) is 42.1. The lowest BCUT2D eigenvalue weighted by Gasteiger charge is -1.99. The smallest absolute Gasteiger partial charge is 0.236 e. The summed E-state index contributed by atoms with van der Waals surface area (Å²) >= 11 is 25.3. The molecular weight excluding hydrogens is 567 g/mol. The Hall–Kier alpha value is -1.07. The van der Waals surface area contributed by atoms with E-state index in [1.807, 2.05) is 0 Å². The van der Waals surface area contributed by atoms with Gasteiger partial charge in [0.2, 0.25) is 17.1 Å². The number of carbonyl (C=O) groups is 3. The van der Waals surface area contributed by atoms with Gasteiger partial charge in [0.15, 0.2) is 0 Å². The molecule has 2 amide bonds. The zero-order chi connectivity index (χ0) is 25.5. The second-order valence-corrected chi connectivity index (χ2v) is 6.61. The van der Waals surface area contributed by atoms with Gasteiger partial charge in [0.25, 0.3) is 0 Å². The van der Waals surface area contributed by atoms with Crippen molar-refractivity contribution >= 4 is 87.5 Å². The molecule has 194 valence electrons. The molecule has 18 heteroatoms. The Morgan fingerprint density at radius 2 is 1.30 bits per heavy atom. The Balaban J connectivity index is -0.000000114. The summed E-state index contributed by atoms with van der Waals surface area (Å²) in [4.78, 5) is 35.6. The highest BCUT2D eigenvalue weighted by Crippen LogP contribution is 1.82. The van der Waals surface area contributed by atoms with Gasteiger partial charge in [0, 0.05) is 41.2 Å². The van der Waals surface area contributed by atoms with E-state index < -0.39 is 5.24 Å². The molecule has 0 aliphatic carbocycles. The quantitative estimate of drug-likeness (QED) is 0.0720. The first-order chi connectivity index (χ1) is 15.3. The van der Waals surface area contributed by atoms with Crippen LogP contribution < -0.4 is 16.4 Å². The first-order valence-corrected chi connectivity index (χ1v) is 11.5. The van der Waals surface area contributed by atoms with E-state index in [4.69, 9.17) is 74.8 Å². The average Bonchev–Trinajstić information content (AvgIpc) is 2.79. The molecule has 33 heavy (non-hydrogen) atoms. The van der Waals surface area contributed by atoms with E-state index in [2.05, 4.69) is 30.7 Å². The Bertz CT molecular complexity index is 561. The summed E-state index contributed by atoms with van der Waals surface area (Å²) in [6, 6.07) is 0. The summed E-state index contributed by atoms with van der Waals surface area (Å²) in [5.74, 6) is 0.726. The number of amides is 2. The van der Waals surface area contributed by atoms with Gasteiger partial charge in [-0.2, -0.15) is 0 Å². The van der Waals surface area contributed by atoms with Crippen LogP contribution in [0, 0.1) is 0 Å². The summed E-state index contributed by atoms with van der Waals surface area (Å²) in [6.07, 6.45) is 2.30. The number of hydrogen-bond acceptors (Lipinski definition) is 6. The molecule has 0 saturated carbocycles. The summed E-state index contributed by atoms with van der Waals surface area (Å²) in [6.45, 7) is 1.90. The van der Waals surface area contributed by atoms with Crippen LogP contribution in [0.5, 0.6) is 0 Å². The molecule has 4 N–H and O–H groups in total. The fourth-order valence-electron chi connectivity index (χ4n) is 0.993. The molecule has 0 unspecified atom stereocenters. The number of rotatable bonds is 13. The average molecular weight is 596 g/mol. The first-order valence-electron chi connectivity index (χ1n) is 8.98. The molecule has 0 aromatic carbocycles. The van der Waals surface area contributed by atoms with Gasteiger partial charge in [0.1, 0.15) is 12.4 Å². The van der Waals surface area contributed by atoms with Crippen LogP contribution in [-0.4, -0.2) is 73.3 Å². The van der Waals surface area contributed by atoms with Gasteiger partial charge in [-0.25, -0.2) is 0 Å². The molecule has 0 spiro atoms. The lowest BCUT2D eigenvalue weighted by atomic mass is 10.4. The molecule has 0 rings (SSSR count). The second kappa shape index (κ2) is 41.2. The van der Waals surface area contributed by atoms with Crippen LogP contribution >= 0.6 is 70.4 Å². The van der Waals surface area contributed by atoms with Crippen LogP contribution in [0.3, 0.4) is 0 Å². The zero-order valence-electron chi connectivity index (χ0n) is 17.8. The monoisotopic (exact) mass is 593 g/mol. The Morgan fingerprint density at radius 3 is 1.67 bits per heavy atom. The topological polar surface area (TPSA) is 199 Å². The predicted molar refractivity (Wildman–Crippen MR) is 138 cm³/mol. The third kappa shape index (κ3) is 59.1. The van der Waals surface area contributed by atoms with Crippen molar-refractivity contribution in [3.63, 3.8) is 0 Å². The maximum atomic E-state index is 10.8. The zero-order valence-corrected chi connectivity index (χ0v) is 22.4. The number of azide groups is 2. The maximum absolute atomic E-state index is 10.8. The van der Waals surface area contributed by atoms with Crippen molar-refractivity contribution in [2.24, 2.45) is 16.0 Å². The SMILES string of the molecule is Cl.NCCCCl.O=C(CCl)NCCCCl.O=C(Cl)CCl.[N-]=[N+]=NCCCNC(=O)CN=[N+]=[N-]. The van der Waals surface area contributed by atoms with Gasteiger partial charge >= 0.3 is 0 Å². The number of carbonyl (C=O) groups excluding carboxylic acids is 3. The normalized spacial score (nSPS) is 8.06. The van der Waals surface area contributed by atoms with Crippen molar-refractivity contribution < 1.29 is 14.4 Å².